The lowest BCUT2D eigenvalue weighted by molar-refractivity contribution is -0.123. The van der Waals surface area contributed by atoms with Gasteiger partial charge in [-0.3, -0.25) is 4.79 Å². The van der Waals surface area contributed by atoms with Gasteiger partial charge in [0, 0.05) is 18.9 Å². The summed E-state index contributed by atoms with van der Waals surface area (Å²) < 4.78 is 8.28. The molecule has 166 valence electrons. The molecule has 0 aliphatic heterocycles. The standard InChI is InChI=1S/C26H35N3O2/c1-4-21-13-15-22(16-14-21)31-19-18-29-24-11-8-7-10-23(24)28-25(29)12-6-5-9-17-27-26(30)20(2)3/h7-8,10-11,13-16,20H,4-6,9,12,17-19H2,1-3H3,(H,27,30). The van der Waals surface area contributed by atoms with Crippen LogP contribution in [0, 0.1) is 5.92 Å². The molecule has 31 heavy (non-hydrogen) atoms. The van der Waals surface area contributed by atoms with Crippen molar-refractivity contribution in [1.29, 1.82) is 0 Å². The normalized spacial score (nSPS) is 11.2. The number of ether oxygens (including phenoxy) is 1. The highest BCUT2D eigenvalue weighted by molar-refractivity contribution is 5.77. The number of carbonyl (C=O) groups excluding carboxylic acids is 1. The van der Waals surface area contributed by atoms with Crippen molar-refractivity contribution in [2.45, 2.75) is 59.4 Å². The molecule has 0 radical (unpaired) electrons. The van der Waals surface area contributed by atoms with Crippen molar-refractivity contribution in [3.8, 4) is 5.75 Å². The van der Waals surface area contributed by atoms with Crippen LogP contribution in [-0.4, -0.2) is 28.6 Å². The number of rotatable bonds is 12. The largest absolute Gasteiger partial charge is 0.492 e. The number of benzene rings is 2. The van der Waals surface area contributed by atoms with E-state index in [4.69, 9.17) is 9.72 Å². The zero-order valence-electron chi connectivity index (χ0n) is 19.1. The summed E-state index contributed by atoms with van der Waals surface area (Å²) in [6, 6.07) is 16.6. The Morgan fingerprint density at radius 2 is 1.84 bits per heavy atom. The monoisotopic (exact) mass is 421 g/mol. The van der Waals surface area contributed by atoms with E-state index >= 15 is 0 Å². The summed E-state index contributed by atoms with van der Waals surface area (Å²) in [7, 11) is 0. The summed E-state index contributed by atoms with van der Waals surface area (Å²) in [5.74, 6) is 2.20. The first kappa shape index (κ1) is 22.9. The number of aromatic nitrogens is 2. The Hall–Kier alpha value is -2.82. The zero-order chi connectivity index (χ0) is 22.1. The molecule has 3 rings (SSSR count). The molecular weight excluding hydrogens is 386 g/mol. The van der Waals surface area contributed by atoms with Crippen molar-refractivity contribution < 1.29 is 9.53 Å². The maximum atomic E-state index is 11.6. The third-order valence-corrected chi connectivity index (χ3v) is 5.55. The van der Waals surface area contributed by atoms with Gasteiger partial charge >= 0.3 is 0 Å². The molecular formula is C26H35N3O2. The summed E-state index contributed by atoms with van der Waals surface area (Å²) in [6.45, 7) is 8.13. The minimum Gasteiger partial charge on any atom is -0.492 e. The summed E-state index contributed by atoms with van der Waals surface area (Å²) in [5.41, 5.74) is 3.51. The lowest BCUT2D eigenvalue weighted by Gasteiger charge is -2.11. The number of nitrogens with zero attached hydrogens (tertiary/aromatic N) is 2. The average Bonchev–Trinajstić information content (AvgIpc) is 3.13. The lowest BCUT2D eigenvalue weighted by Crippen LogP contribution is -2.28. The third kappa shape index (κ3) is 6.58. The molecule has 5 nitrogen and oxygen atoms in total. The summed E-state index contributed by atoms with van der Waals surface area (Å²) in [5, 5.41) is 2.99. The first-order valence-corrected chi connectivity index (χ1v) is 11.5. The van der Waals surface area contributed by atoms with Gasteiger partial charge < -0.3 is 14.6 Å². The third-order valence-electron chi connectivity index (χ3n) is 5.55. The maximum Gasteiger partial charge on any atom is 0.222 e. The van der Waals surface area contributed by atoms with Crippen molar-refractivity contribution in [2.24, 2.45) is 5.92 Å². The number of carbonyl (C=O) groups is 1. The van der Waals surface area contributed by atoms with E-state index in [-0.39, 0.29) is 11.8 Å². The summed E-state index contributed by atoms with van der Waals surface area (Å²) >= 11 is 0. The van der Waals surface area contributed by atoms with Crippen LogP contribution in [0.2, 0.25) is 0 Å². The highest BCUT2D eigenvalue weighted by Crippen LogP contribution is 2.19. The molecule has 1 aromatic heterocycles. The van der Waals surface area contributed by atoms with Crippen molar-refractivity contribution in [3.63, 3.8) is 0 Å². The van der Waals surface area contributed by atoms with Crippen LogP contribution in [0.15, 0.2) is 48.5 Å². The Labute approximate surface area is 185 Å². The van der Waals surface area contributed by atoms with Crippen LogP contribution in [0.5, 0.6) is 5.75 Å². The molecule has 0 aliphatic carbocycles. The summed E-state index contributed by atoms with van der Waals surface area (Å²) in [4.78, 5) is 16.5. The molecule has 0 atom stereocenters. The second kappa shape index (κ2) is 11.5. The van der Waals surface area contributed by atoms with E-state index in [9.17, 15) is 4.79 Å². The van der Waals surface area contributed by atoms with E-state index in [0.29, 0.717) is 6.61 Å². The number of amides is 1. The Balaban J connectivity index is 1.53. The molecule has 5 heteroatoms. The SMILES string of the molecule is CCc1ccc(OCCn2c(CCCCCNC(=O)C(C)C)nc3ccccc32)cc1. The Morgan fingerprint density at radius 3 is 2.58 bits per heavy atom. The van der Waals surface area contributed by atoms with Gasteiger partial charge in [0.1, 0.15) is 18.2 Å². The number of imidazole rings is 1. The van der Waals surface area contributed by atoms with Crippen LogP contribution >= 0.6 is 0 Å². The molecule has 2 aromatic carbocycles. The second-order valence-electron chi connectivity index (χ2n) is 8.27. The maximum absolute atomic E-state index is 11.6. The molecule has 0 bridgehead atoms. The quantitative estimate of drug-likeness (QED) is 0.411. The van der Waals surface area contributed by atoms with Crippen LogP contribution in [-0.2, 0) is 24.2 Å². The molecule has 0 aliphatic rings. The van der Waals surface area contributed by atoms with Gasteiger partial charge in [0.05, 0.1) is 17.6 Å². The van der Waals surface area contributed by atoms with Crippen molar-refractivity contribution in [3.05, 3.63) is 59.9 Å². The molecule has 1 amide bonds. The smallest absolute Gasteiger partial charge is 0.222 e. The van der Waals surface area contributed by atoms with Crippen LogP contribution in [0.1, 0.15) is 51.4 Å². The fourth-order valence-electron chi connectivity index (χ4n) is 3.64. The van der Waals surface area contributed by atoms with Gasteiger partial charge in [-0.1, -0.05) is 51.5 Å². The van der Waals surface area contributed by atoms with E-state index < -0.39 is 0 Å². The van der Waals surface area contributed by atoms with E-state index in [2.05, 4.69) is 47.1 Å². The number of unbranched alkanes of at least 4 members (excludes halogenated alkanes) is 2. The first-order valence-electron chi connectivity index (χ1n) is 11.5. The number of para-hydroxylation sites is 2. The Morgan fingerprint density at radius 1 is 1.06 bits per heavy atom. The van der Waals surface area contributed by atoms with Gasteiger partial charge in [-0.15, -0.1) is 0 Å². The van der Waals surface area contributed by atoms with Gasteiger partial charge in [-0.2, -0.15) is 0 Å². The van der Waals surface area contributed by atoms with Gasteiger partial charge in [0.25, 0.3) is 0 Å². The van der Waals surface area contributed by atoms with Gasteiger partial charge in [-0.25, -0.2) is 4.98 Å². The van der Waals surface area contributed by atoms with Gasteiger partial charge in [-0.05, 0) is 49.1 Å². The fourth-order valence-corrected chi connectivity index (χ4v) is 3.64. The van der Waals surface area contributed by atoms with E-state index in [1.807, 2.05) is 32.0 Å². The van der Waals surface area contributed by atoms with E-state index in [1.165, 1.54) is 5.56 Å². The van der Waals surface area contributed by atoms with Crippen LogP contribution in [0.4, 0.5) is 0 Å². The highest BCUT2D eigenvalue weighted by atomic mass is 16.5. The Bertz CT molecular complexity index is 960. The first-order chi connectivity index (χ1) is 15.1. The number of hydrogen-bond donors (Lipinski definition) is 1. The lowest BCUT2D eigenvalue weighted by atomic mass is 10.1. The minimum atomic E-state index is 0.0479. The molecule has 0 saturated carbocycles. The predicted molar refractivity (Wildman–Crippen MR) is 126 cm³/mol. The van der Waals surface area contributed by atoms with Crippen LogP contribution in [0.25, 0.3) is 11.0 Å². The predicted octanol–water partition coefficient (Wildman–Crippen LogP) is 5.16. The molecule has 1 heterocycles. The zero-order valence-corrected chi connectivity index (χ0v) is 19.1. The van der Waals surface area contributed by atoms with Gasteiger partial charge in [0.2, 0.25) is 5.91 Å². The number of hydrogen-bond acceptors (Lipinski definition) is 3. The molecule has 0 saturated heterocycles. The van der Waals surface area contributed by atoms with Crippen molar-refractivity contribution in [2.75, 3.05) is 13.2 Å². The van der Waals surface area contributed by atoms with Crippen LogP contribution < -0.4 is 10.1 Å². The number of aryl methyl sites for hydroxylation is 2. The molecule has 3 aromatic rings. The van der Waals surface area contributed by atoms with Gasteiger partial charge in [0.15, 0.2) is 0 Å². The molecule has 0 fully saturated rings. The highest BCUT2D eigenvalue weighted by Gasteiger charge is 2.11. The molecule has 0 spiro atoms. The van der Waals surface area contributed by atoms with Crippen molar-refractivity contribution in [1.82, 2.24) is 14.9 Å². The fraction of sp³-hybridized carbons (Fsp3) is 0.462. The number of nitrogens with one attached hydrogen (secondary N) is 1. The summed E-state index contributed by atoms with van der Waals surface area (Å²) in [6.07, 6.45) is 5.09. The van der Waals surface area contributed by atoms with Crippen LogP contribution in [0.3, 0.4) is 0 Å². The van der Waals surface area contributed by atoms with Crippen molar-refractivity contribution >= 4 is 16.9 Å². The number of fused-ring (bicyclic) bond motifs is 1. The average molecular weight is 422 g/mol. The minimum absolute atomic E-state index is 0.0479. The molecule has 0 unspecified atom stereocenters. The van der Waals surface area contributed by atoms with E-state index in [1.54, 1.807) is 0 Å². The second-order valence-corrected chi connectivity index (χ2v) is 8.27. The van der Waals surface area contributed by atoms with E-state index in [0.717, 1.165) is 67.8 Å². The Kier molecular flexibility index (Phi) is 8.51. The topological polar surface area (TPSA) is 56.1 Å². The molecule has 1 N–H and O–H groups in total.